The van der Waals surface area contributed by atoms with E-state index in [2.05, 4.69) is 19.1 Å². The lowest BCUT2D eigenvalue weighted by molar-refractivity contribution is -0.127. The smallest absolute Gasteiger partial charge is 0.148 e. The van der Waals surface area contributed by atoms with Crippen molar-refractivity contribution in [2.45, 2.75) is 34.1 Å². The van der Waals surface area contributed by atoms with Gasteiger partial charge in [-0.05, 0) is 12.3 Å². The van der Waals surface area contributed by atoms with E-state index in [0.29, 0.717) is 11.7 Å². The van der Waals surface area contributed by atoms with Crippen molar-refractivity contribution in [2.75, 3.05) is 0 Å². The molecule has 0 aromatic carbocycles. The maximum absolute atomic E-state index is 11.9. The predicted molar refractivity (Wildman–Crippen MR) is 60.0 cm³/mol. The van der Waals surface area contributed by atoms with Gasteiger partial charge in [0.15, 0.2) is 0 Å². The molecule has 0 bridgehead atoms. The molecule has 0 atom stereocenters. The summed E-state index contributed by atoms with van der Waals surface area (Å²) in [7, 11) is 0. The molecule has 0 unspecified atom stereocenters. The van der Waals surface area contributed by atoms with Gasteiger partial charge in [0.05, 0.1) is 5.92 Å². The van der Waals surface area contributed by atoms with Crippen molar-refractivity contribution in [3.63, 3.8) is 0 Å². The number of ketones is 1. The standard InChI is InChI=1S/C13H20O/c1-5-10-6-8-11(9-7-10)12(14)13(2,3)4/h6-11H,5H2,1-4H3. The summed E-state index contributed by atoms with van der Waals surface area (Å²) in [4.78, 5) is 11.9. The van der Waals surface area contributed by atoms with Crippen molar-refractivity contribution in [1.82, 2.24) is 0 Å². The number of rotatable bonds is 2. The third-order valence-corrected chi connectivity index (χ3v) is 2.64. The maximum atomic E-state index is 11.9. The Bertz CT molecular complexity index is 251. The van der Waals surface area contributed by atoms with Gasteiger partial charge in [-0.1, -0.05) is 52.0 Å². The molecule has 14 heavy (non-hydrogen) atoms. The number of carbonyl (C=O) groups excluding carboxylic acids is 1. The van der Waals surface area contributed by atoms with Crippen molar-refractivity contribution in [1.29, 1.82) is 0 Å². The largest absolute Gasteiger partial charge is 0.298 e. The normalized spacial score (nSPS) is 26.6. The molecule has 1 nitrogen and oxygen atoms in total. The summed E-state index contributed by atoms with van der Waals surface area (Å²) < 4.78 is 0. The molecule has 0 aromatic heterocycles. The van der Waals surface area contributed by atoms with E-state index in [1.807, 2.05) is 32.9 Å². The van der Waals surface area contributed by atoms with Crippen molar-refractivity contribution in [3.8, 4) is 0 Å². The van der Waals surface area contributed by atoms with Gasteiger partial charge in [0.25, 0.3) is 0 Å². The van der Waals surface area contributed by atoms with E-state index in [0.717, 1.165) is 6.42 Å². The Labute approximate surface area is 86.9 Å². The van der Waals surface area contributed by atoms with Crippen LogP contribution in [0.2, 0.25) is 0 Å². The van der Waals surface area contributed by atoms with Crippen LogP contribution in [0.4, 0.5) is 0 Å². The first-order valence-electron chi connectivity index (χ1n) is 5.36. The van der Waals surface area contributed by atoms with Gasteiger partial charge in [0.1, 0.15) is 5.78 Å². The highest BCUT2D eigenvalue weighted by molar-refractivity contribution is 5.89. The minimum atomic E-state index is -0.238. The Kier molecular flexibility index (Phi) is 3.30. The SMILES string of the molecule is CCC1C=CC(C(=O)C(C)(C)C)C=C1. The molecule has 0 amide bonds. The maximum Gasteiger partial charge on any atom is 0.148 e. The second-order valence-corrected chi connectivity index (χ2v) is 4.98. The molecule has 0 radical (unpaired) electrons. The molecule has 0 spiro atoms. The molecule has 0 N–H and O–H groups in total. The Hall–Kier alpha value is -0.850. The lowest BCUT2D eigenvalue weighted by atomic mass is 9.80. The monoisotopic (exact) mass is 192 g/mol. The highest BCUT2D eigenvalue weighted by Gasteiger charge is 2.27. The fourth-order valence-electron chi connectivity index (χ4n) is 1.60. The average Bonchev–Trinajstić information content (AvgIpc) is 2.15. The van der Waals surface area contributed by atoms with E-state index in [4.69, 9.17) is 0 Å². The van der Waals surface area contributed by atoms with Gasteiger partial charge in [-0.25, -0.2) is 0 Å². The molecule has 0 saturated heterocycles. The molecular weight excluding hydrogens is 172 g/mol. The Balaban J connectivity index is 2.67. The van der Waals surface area contributed by atoms with Crippen LogP contribution in [0.3, 0.4) is 0 Å². The molecule has 78 valence electrons. The summed E-state index contributed by atoms with van der Waals surface area (Å²) in [5.41, 5.74) is -0.238. The first-order valence-corrected chi connectivity index (χ1v) is 5.36. The van der Waals surface area contributed by atoms with Crippen LogP contribution in [0.5, 0.6) is 0 Å². The Morgan fingerprint density at radius 2 is 1.64 bits per heavy atom. The third kappa shape index (κ3) is 2.57. The first-order chi connectivity index (χ1) is 6.45. The van der Waals surface area contributed by atoms with Gasteiger partial charge >= 0.3 is 0 Å². The molecule has 0 aromatic rings. The lowest BCUT2D eigenvalue weighted by Gasteiger charge is -2.22. The molecule has 1 rings (SSSR count). The van der Waals surface area contributed by atoms with Gasteiger partial charge in [-0.15, -0.1) is 0 Å². The van der Waals surface area contributed by atoms with E-state index >= 15 is 0 Å². The summed E-state index contributed by atoms with van der Waals surface area (Å²) in [5.74, 6) is 0.830. The van der Waals surface area contributed by atoms with Gasteiger partial charge in [-0.2, -0.15) is 0 Å². The summed E-state index contributed by atoms with van der Waals surface area (Å²) in [6.45, 7) is 8.08. The number of carbonyl (C=O) groups is 1. The van der Waals surface area contributed by atoms with Gasteiger partial charge in [-0.3, -0.25) is 4.79 Å². The zero-order valence-corrected chi connectivity index (χ0v) is 9.58. The second kappa shape index (κ2) is 4.12. The van der Waals surface area contributed by atoms with Crippen LogP contribution in [0.15, 0.2) is 24.3 Å². The Morgan fingerprint density at radius 3 is 2.00 bits per heavy atom. The van der Waals surface area contributed by atoms with E-state index in [-0.39, 0.29) is 11.3 Å². The quantitative estimate of drug-likeness (QED) is 0.613. The molecule has 0 heterocycles. The molecular formula is C13H20O. The fourth-order valence-corrected chi connectivity index (χ4v) is 1.60. The minimum absolute atomic E-state index is 0.00204. The van der Waals surface area contributed by atoms with Crippen LogP contribution in [-0.2, 0) is 4.79 Å². The van der Waals surface area contributed by atoms with Crippen LogP contribution in [0, 0.1) is 17.3 Å². The topological polar surface area (TPSA) is 17.1 Å². The number of Topliss-reactive ketones (excluding diaryl/α,β-unsaturated/α-hetero) is 1. The highest BCUT2D eigenvalue weighted by Crippen LogP contribution is 2.25. The second-order valence-electron chi connectivity index (χ2n) is 4.98. The molecule has 1 aliphatic rings. The van der Waals surface area contributed by atoms with Crippen LogP contribution in [0.25, 0.3) is 0 Å². The molecule has 0 fully saturated rings. The van der Waals surface area contributed by atoms with Crippen molar-refractivity contribution in [2.24, 2.45) is 17.3 Å². The van der Waals surface area contributed by atoms with Crippen molar-refractivity contribution >= 4 is 5.78 Å². The molecule has 0 aliphatic heterocycles. The summed E-state index contributed by atoms with van der Waals surface area (Å²) in [5, 5.41) is 0. The zero-order chi connectivity index (χ0) is 10.8. The van der Waals surface area contributed by atoms with Crippen LogP contribution in [-0.4, -0.2) is 5.78 Å². The molecule has 1 aliphatic carbocycles. The van der Waals surface area contributed by atoms with E-state index in [9.17, 15) is 4.79 Å². The lowest BCUT2D eigenvalue weighted by Crippen LogP contribution is -2.27. The van der Waals surface area contributed by atoms with Crippen LogP contribution >= 0.6 is 0 Å². The van der Waals surface area contributed by atoms with E-state index in [1.54, 1.807) is 0 Å². The summed E-state index contributed by atoms with van der Waals surface area (Å²) >= 11 is 0. The van der Waals surface area contributed by atoms with Crippen LogP contribution < -0.4 is 0 Å². The van der Waals surface area contributed by atoms with Crippen molar-refractivity contribution < 1.29 is 4.79 Å². The fraction of sp³-hybridized carbons (Fsp3) is 0.615. The zero-order valence-electron chi connectivity index (χ0n) is 9.58. The van der Waals surface area contributed by atoms with Gasteiger partial charge < -0.3 is 0 Å². The van der Waals surface area contributed by atoms with Gasteiger partial charge in [0.2, 0.25) is 0 Å². The third-order valence-electron chi connectivity index (χ3n) is 2.64. The number of hydrogen-bond acceptors (Lipinski definition) is 1. The molecule has 1 heteroatoms. The number of allylic oxidation sites excluding steroid dienone is 4. The van der Waals surface area contributed by atoms with E-state index < -0.39 is 0 Å². The minimum Gasteiger partial charge on any atom is -0.298 e. The highest BCUT2D eigenvalue weighted by atomic mass is 16.1. The Morgan fingerprint density at radius 1 is 1.14 bits per heavy atom. The van der Waals surface area contributed by atoms with Crippen LogP contribution in [0.1, 0.15) is 34.1 Å². The first kappa shape index (κ1) is 11.2. The predicted octanol–water partition coefficient (Wildman–Crippen LogP) is 3.37. The average molecular weight is 192 g/mol. The summed E-state index contributed by atoms with van der Waals surface area (Å²) in [6.07, 6.45) is 9.50. The van der Waals surface area contributed by atoms with E-state index in [1.165, 1.54) is 0 Å². The van der Waals surface area contributed by atoms with Crippen molar-refractivity contribution in [3.05, 3.63) is 24.3 Å². The van der Waals surface area contributed by atoms with Gasteiger partial charge in [0, 0.05) is 5.41 Å². The summed E-state index contributed by atoms with van der Waals surface area (Å²) in [6, 6.07) is 0. The number of hydrogen-bond donors (Lipinski definition) is 0. The molecule has 0 saturated carbocycles.